The Balaban J connectivity index is 1.38. The Labute approximate surface area is 168 Å². The van der Waals surface area contributed by atoms with Gasteiger partial charge in [0.25, 0.3) is 0 Å². The van der Waals surface area contributed by atoms with Crippen molar-refractivity contribution in [2.75, 3.05) is 13.1 Å². The summed E-state index contributed by atoms with van der Waals surface area (Å²) in [6, 6.07) is 14.8. The number of aromatic nitrogens is 3. The van der Waals surface area contributed by atoms with Crippen LogP contribution in [0, 0.1) is 6.92 Å². The van der Waals surface area contributed by atoms with Gasteiger partial charge < -0.3 is 8.98 Å². The lowest BCUT2D eigenvalue weighted by molar-refractivity contribution is 0.455. The molecule has 1 atom stereocenters. The molecule has 0 bridgehead atoms. The third-order valence-corrected chi connectivity index (χ3v) is 7.29. The van der Waals surface area contributed by atoms with Crippen LogP contribution in [0.5, 0.6) is 0 Å². The van der Waals surface area contributed by atoms with Gasteiger partial charge in [-0.05, 0) is 30.7 Å². The van der Waals surface area contributed by atoms with E-state index in [9.17, 15) is 8.42 Å². The zero-order valence-electron chi connectivity index (χ0n) is 15.9. The summed E-state index contributed by atoms with van der Waals surface area (Å²) in [5, 5.41) is 0. The van der Waals surface area contributed by atoms with Crippen molar-refractivity contribution >= 4 is 21.1 Å². The number of aryl methyl sites for hydroxylation is 1. The molecule has 8 heteroatoms. The average molecular weight is 408 g/mol. The van der Waals surface area contributed by atoms with E-state index in [0.29, 0.717) is 24.7 Å². The minimum Gasteiger partial charge on any atom is -0.449 e. The maximum atomic E-state index is 13.1. The molecule has 2 aromatic heterocycles. The molecule has 3 heterocycles. The van der Waals surface area contributed by atoms with Gasteiger partial charge in [0.1, 0.15) is 12.0 Å². The monoisotopic (exact) mass is 408 g/mol. The molecule has 0 amide bonds. The van der Waals surface area contributed by atoms with Crippen molar-refractivity contribution in [1.82, 2.24) is 18.8 Å². The summed E-state index contributed by atoms with van der Waals surface area (Å²) >= 11 is 0. The quantitative estimate of drug-likeness (QED) is 0.515. The van der Waals surface area contributed by atoms with Gasteiger partial charge in [-0.25, -0.2) is 18.4 Å². The van der Waals surface area contributed by atoms with Crippen molar-refractivity contribution in [1.29, 1.82) is 0 Å². The maximum absolute atomic E-state index is 13.1. The second-order valence-corrected chi connectivity index (χ2v) is 9.16. The van der Waals surface area contributed by atoms with Gasteiger partial charge in [-0.2, -0.15) is 4.31 Å². The van der Waals surface area contributed by atoms with Crippen LogP contribution in [0.1, 0.15) is 18.4 Å². The van der Waals surface area contributed by atoms with E-state index in [1.165, 1.54) is 0 Å². The van der Waals surface area contributed by atoms with Crippen LogP contribution in [-0.4, -0.2) is 40.3 Å². The van der Waals surface area contributed by atoms with Crippen molar-refractivity contribution < 1.29 is 12.8 Å². The summed E-state index contributed by atoms with van der Waals surface area (Å²) in [7, 11) is -3.55. The van der Waals surface area contributed by atoms with Gasteiger partial charge in [0.15, 0.2) is 5.89 Å². The first-order valence-corrected chi connectivity index (χ1v) is 10.9. The number of benzene rings is 2. The molecular weight excluding hydrogens is 388 g/mol. The Morgan fingerprint density at radius 3 is 2.66 bits per heavy atom. The van der Waals surface area contributed by atoms with Crippen LogP contribution in [0.3, 0.4) is 0 Å². The highest BCUT2D eigenvalue weighted by Gasteiger charge is 2.33. The molecule has 29 heavy (non-hydrogen) atoms. The second kappa shape index (κ2) is 6.82. The van der Waals surface area contributed by atoms with Crippen LogP contribution in [-0.2, 0) is 10.0 Å². The number of hydrogen-bond donors (Lipinski definition) is 0. The SMILES string of the molecule is Cc1nc(-c2ccc(S(=O)(=O)N3CCC(n4cnc5ccccc54)C3)cc2)co1. The molecule has 148 valence electrons. The van der Waals surface area contributed by atoms with E-state index in [2.05, 4.69) is 14.5 Å². The molecule has 2 aromatic carbocycles. The zero-order chi connectivity index (χ0) is 20.0. The molecule has 1 unspecified atom stereocenters. The Kier molecular flexibility index (Phi) is 4.25. The summed E-state index contributed by atoms with van der Waals surface area (Å²) in [4.78, 5) is 9.00. The summed E-state index contributed by atoms with van der Waals surface area (Å²) in [5.41, 5.74) is 3.47. The average Bonchev–Trinajstić information content (AvgIpc) is 3.47. The summed E-state index contributed by atoms with van der Waals surface area (Å²) in [5.74, 6) is 0.576. The van der Waals surface area contributed by atoms with Gasteiger partial charge in [0, 0.05) is 25.6 Å². The molecule has 0 aliphatic carbocycles. The molecule has 7 nitrogen and oxygen atoms in total. The third-order valence-electron chi connectivity index (χ3n) is 5.41. The number of oxazole rings is 1. The first-order valence-electron chi connectivity index (χ1n) is 9.47. The van der Waals surface area contributed by atoms with Crippen LogP contribution in [0.2, 0.25) is 0 Å². The van der Waals surface area contributed by atoms with Gasteiger partial charge >= 0.3 is 0 Å². The van der Waals surface area contributed by atoms with E-state index < -0.39 is 10.0 Å². The lowest BCUT2D eigenvalue weighted by Gasteiger charge is -2.17. The molecule has 1 saturated heterocycles. The van der Waals surface area contributed by atoms with E-state index in [4.69, 9.17) is 4.42 Å². The van der Waals surface area contributed by atoms with Crippen LogP contribution in [0.15, 0.2) is 70.4 Å². The van der Waals surface area contributed by atoms with E-state index in [0.717, 1.165) is 23.0 Å². The standard InChI is InChI=1S/C21H20N4O3S/c1-15-23-20(13-28-15)16-6-8-18(9-7-16)29(26,27)24-11-10-17(12-24)25-14-22-19-4-2-3-5-21(19)25/h2-9,13-14,17H,10-12H2,1H3. The number of rotatable bonds is 4. The minimum atomic E-state index is -3.55. The summed E-state index contributed by atoms with van der Waals surface area (Å²) in [6.45, 7) is 2.70. The van der Waals surface area contributed by atoms with Crippen LogP contribution in [0.4, 0.5) is 0 Å². The zero-order valence-corrected chi connectivity index (χ0v) is 16.7. The molecule has 0 radical (unpaired) electrons. The molecule has 1 aliphatic rings. The fraction of sp³-hybridized carbons (Fsp3) is 0.238. The highest BCUT2D eigenvalue weighted by Crippen LogP contribution is 2.30. The molecule has 5 rings (SSSR count). The number of sulfonamides is 1. The van der Waals surface area contributed by atoms with Crippen LogP contribution < -0.4 is 0 Å². The smallest absolute Gasteiger partial charge is 0.243 e. The van der Waals surface area contributed by atoms with E-state index in [1.54, 1.807) is 48.1 Å². The van der Waals surface area contributed by atoms with E-state index >= 15 is 0 Å². The largest absolute Gasteiger partial charge is 0.449 e. The Bertz CT molecular complexity index is 1270. The first kappa shape index (κ1) is 18.1. The molecule has 0 N–H and O–H groups in total. The van der Waals surface area contributed by atoms with E-state index in [-0.39, 0.29) is 10.9 Å². The summed E-state index contributed by atoms with van der Waals surface area (Å²) < 4.78 is 35.1. The van der Waals surface area contributed by atoms with Crippen molar-refractivity contribution in [3.8, 4) is 11.3 Å². The molecule has 0 spiro atoms. The van der Waals surface area contributed by atoms with Crippen molar-refractivity contribution in [3.63, 3.8) is 0 Å². The number of hydrogen-bond acceptors (Lipinski definition) is 5. The van der Waals surface area contributed by atoms with Gasteiger partial charge in [-0.1, -0.05) is 24.3 Å². The highest BCUT2D eigenvalue weighted by molar-refractivity contribution is 7.89. The fourth-order valence-electron chi connectivity index (χ4n) is 3.87. The maximum Gasteiger partial charge on any atom is 0.243 e. The molecule has 1 aliphatic heterocycles. The van der Waals surface area contributed by atoms with E-state index in [1.807, 2.05) is 24.3 Å². The number of imidazole rings is 1. The van der Waals surface area contributed by atoms with Crippen molar-refractivity contribution in [2.24, 2.45) is 0 Å². The lowest BCUT2D eigenvalue weighted by atomic mass is 10.2. The van der Waals surface area contributed by atoms with Crippen LogP contribution in [0.25, 0.3) is 22.3 Å². The van der Waals surface area contributed by atoms with Gasteiger partial charge in [0.05, 0.1) is 28.3 Å². The van der Waals surface area contributed by atoms with Gasteiger partial charge in [0.2, 0.25) is 10.0 Å². The number of fused-ring (bicyclic) bond motifs is 1. The minimum absolute atomic E-state index is 0.0783. The van der Waals surface area contributed by atoms with Crippen molar-refractivity contribution in [2.45, 2.75) is 24.3 Å². The molecule has 1 fully saturated rings. The summed E-state index contributed by atoms with van der Waals surface area (Å²) in [6.07, 6.45) is 4.13. The lowest BCUT2D eigenvalue weighted by Crippen LogP contribution is -2.29. The Morgan fingerprint density at radius 2 is 1.90 bits per heavy atom. The third kappa shape index (κ3) is 3.14. The molecule has 0 saturated carbocycles. The second-order valence-electron chi connectivity index (χ2n) is 7.22. The Morgan fingerprint density at radius 1 is 1.10 bits per heavy atom. The highest BCUT2D eigenvalue weighted by atomic mass is 32.2. The number of para-hydroxylation sites is 2. The normalized spacial score (nSPS) is 17.9. The topological polar surface area (TPSA) is 81.2 Å². The van der Waals surface area contributed by atoms with Gasteiger partial charge in [-0.15, -0.1) is 0 Å². The Hall–Kier alpha value is -2.97. The van der Waals surface area contributed by atoms with Crippen molar-refractivity contribution in [3.05, 3.63) is 67.0 Å². The van der Waals surface area contributed by atoms with Crippen LogP contribution >= 0.6 is 0 Å². The predicted molar refractivity (Wildman–Crippen MR) is 109 cm³/mol. The molecule has 4 aromatic rings. The number of nitrogens with zero attached hydrogens (tertiary/aromatic N) is 4. The van der Waals surface area contributed by atoms with Gasteiger partial charge in [-0.3, -0.25) is 0 Å². The first-order chi connectivity index (χ1) is 14.0. The molecular formula is C21H20N4O3S. The predicted octanol–water partition coefficient (Wildman–Crippen LogP) is 3.64. The fourth-order valence-corrected chi connectivity index (χ4v) is 5.36.